The highest BCUT2D eigenvalue weighted by atomic mass is 32.2. The van der Waals surface area contributed by atoms with Crippen LogP contribution < -0.4 is 14.9 Å². The van der Waals surface area contributed by atoms with E-state index in [0.717, 1.165) is 18.2 Å². The van der Waals surface area contributed by atoms with Gasteiger partial charge in [0.2, 0.25) is 10.0 Å². The van der Waals surface area contributed by atoms with Gasteiger partial charge in [-0.15, -0.1) is 0 Å². The molecular weight excluding hydrogens is 450 g/mol. The van der Waals surface area contributed by atoms with Gasteiger partial charge in [0.25, 0.3) is 11.8 Å². The van der Waals surface area contributed by atoms with Crippen LogP contribution in [-0.4, -0.2) is 32.5 Å². The topological polar surface area (TPSA) is 95.6 Å². The molecular formula is C26H29N3O4S. The Morgan fingerprint density at radius 1 is 0.853 bits per heavy atom. The van der Waals surface area contributed by atoms with Crippen LogP contribution in [0.25, 0.3) is 0 Å². The Morgan fingerprint density at radius 3 is 2.09 bits per heavy atom. The smallest absolute Gasteiger partial charge is 0.257 e. The second-order valence-corrected chi connectivity index (χ2v) is 9.96. The van der Waals surface area contributed by atoms with E-state index in [1.165, 1.54) is 4.31 Å². The number of amides is 2. The number of benzene rings is 3. The zero-order valence-electron chi connectivity index (χ0n) is 19.5. The molecule has 0 aliphatic heterocycles. The summed E-state index contributed by atoms with van der Waals surface area (Å²) >= 11 is 0. The number of anilines is 2. The summed E-state index contributed by atoms with van der Waals surface area (Å²) in [5.41, 5.74) is 1.90. The molecule has 3 rings (SSSR count). The van der Waals surface area contributed by atoms with Crippen LogP contribution in [0.5, 0.6) is 0 Å². The van der Waals surface area contributed by atoms with Gasteiger partial charge < -0.3 is 10.6 Å². The normalized spacial score (nSPS) is 12.0. The molecule has 34 heavy (non-hydrogen) atoms. The van der Waals surface area contributed by atoms with E-state index in [-0.39, 0.29) is 29.7 Å². The van der Waals surface area contributed by atoms with Gasteiger partial charge in [-0.2, -0.15) is 0 Å². The quantitative estimate of drug-likeness (QED) is 0.475. The van der Waals surface area contributed by atoms with Gasteiger partial charge in [0.1, 0.15) is 0 Å². The summed E-state index contributed by atoms with van der Waals surface area (Å²) < 4.78 is 26.6. The van der Waals surface area contributed by atoms with Crippen molar-refractivity contribution in [1.82, 2.24) is 5.32 Å². The van der Waals surface area contributed by atoms with E-state index in [2.05, 4.69) is 10.6 Å². The van der Waals surface area contributed by atoms with Crippen molar-refractivity contribution in [3.63, 3.8) is 0 Å². The molecule has 8 heteroatoms. The minimum Gasteiger partial charge on any atom is -0.350 e. The molecule has 0 aromatic heterocycles. The van der Waals surface area contributed by atoms with E-state index in [9.17, 15) is 18.0 Å². The van der Waals surface area contributed by atoms with Gasteiger partial charge >= 0.3 is 0 Å². The Labute approximate surface area is 200 Å². The molecule has 178 valence electrons. The van der Waals surface area contributed by atoms with Crippen molar-refractivity contribution in [2.75, 3.05) is 15.9 Å². The first-order valence-electron chi connectivity index (χ1n) is 11.0. The van der Waals surface area contributed by atoms with Crippen molar-refractivity contribution < 1.29 is 18.0 Å². The number of para-hydroxylation sites is 2. The first-order valence-corrected chi connectivity index (χ1v) is 12.9. The highest BCUT2D eigenvalue weighted by Crippen LogP contribution is 2.27. The summed E-state index contributed by atoms with van der Waals surface area (Å²) in [6.07, 6.45) is 1.88. The Bertz CT molecular complexity index is 1260. The number of rotatable bonds is 9. The fourth-order valence-corrected chi connectivity index (χ4v) is 4.30. The number of nitrogens with one attached hydrogen (secondary N) is 2. The molecule has 0 heterocycles. The van der Waals surface area contributed by atoms with E-state index in [1.54, 1.807) is 48.5 Å². The molecule has 0 saturated carbocycles. The number of carbonyl (C=O) groups excluding carboxylic acids is 2. The zero-order chi connectivity index (χ0) is 24.7. The van der Waals surface area contributed by atoms with Crippen LogP contribution in [-0.2, 0) is 16.6 Å². The number of hydrogen-bond donors (Lipinski definition) is 2. The highest BCUT2D eigenvalue weighted by Gasteiger charge is 2.24. The van der Waals surface area contributed by atoms with Crippen LogP contribution >= 0.6 is 0 Å². The lowest BCUT2D eigenvalue weighted by molar-refractivity contribution is 0.0940. The zero-order valence-corrected chi connectivity index (χ0v) is 20.3. The summed E-state index contributed by atoms with van der Waals surface area (Å²) in [6.45, 7) is 3.96. The summed E-state index contributed by atoms with van der Waals surface area (Å²) in [6, 6.07) is 22.4. The molecule has 0 aliphatic rings. The monoisotopic (exact) mass is 479 g/mol. The second-order valence-electron chi connectivity index (χ2n) is 8.05. The first kappa shape index (κ1) is 25.0. The molecule has 2 N–H and O–H groups in total. The van der Waals surface area contributed by atoms with E-state index in [4.69, 9.17) is 0 Å². The van der Waals surface area contributed by atoms with Crippen molar-refractivity contribution in [2.45, 2.75) is 32.9 Å². The summed E-state index contributed by atoms with van der Waals surface area (Å²) in [4.78, 5) is 26.0. The molecule has 1 atom stereocenters. The highest BCUT2D eigenvalue weighted by molar-refractivity contribution is 7.92. The van der Waals surface area contributed by atoms with E-state index in [1.807, 2.05) is 44.2 Å². The molecule has 2 amide bonds. The maximum Gasteiger partial charge on any atom is 0.257 e. The second kappa shape index (κ2) is 11.0. The molecule has 7 nitrogen and oxygen atoms in total. The van der Waals surface area contributed by atoms with Gasteiger partial charge in [-0.25, -0.2) is 8.42 Å². The fraction of sp³-hybridized carbons (Fsp3) is 0.231. The number of nitrogens with zero attached hydrogens (tertiary/aromatic N) is 1. The molecule has 0 bridgehead atoms. The fourth-order valence-electron chi connectivity index (χ4n) is 3.40. The molecule has 0 fully saturated rings. The molecule has 0 radical (unpaired) electrons. The average Bonchev–Trinajstić information content (AvgIpc) is 2.82. The van der Waals surface area contributed by atoms with Crippen molar-refractivity contribution in [2.24, 2.45) is 0 Å². The Morgan fingerprint density at radius 2 is 1.44 bits per heavy atom. The number of sulfonamides is 1. The lowest BCUT2D eigenvalue weighted by Gasteiger charge is -2.25. The van der Waals surface area contributed by atoms with E-state index >= 15 is 0 Å². The van der Waals surface area contributed by atoms with E-state index < -0.39 is 15.9 Å². The Kier molecular flexibility index (Phi) is 8.07. The third kappa shape index (κ3) is 6.23. The Balaban J connectivity index is 1.94. The van der Waals surface area contributed by atoms with Gasteiger partial charge in [0, 0.05) is 6.04 Å². The molecule has 0 spiro atoms. The van der Waals surface area contributed by atoms with Crippen LogP contribution in [0.3, 0.4) is 0 Å². The van der Waals surface area contributed by atoms with Gasteiger partial charge in [-0.1, -0.05) is 61.5 Å². The lowest BCUT2D eigenvalue weighted by atomic mass is 10.1. The van der Waals surface area contributed by atoms with Crippen molar-refractivity contribution in [3.05, 3.63) is 95.6 Å². The number of carbonyl (C=O) groups is 2. The van der Waals surface area contributed by atoms with Crippen molar-refractivity contribution in [3.8, 4) is 0 Å². The minimum absolute atomic E-state index is 0.0155. The van der Waals surface area contributed by atoms with Gasteiger partial charge in [-0.3, -0.25) is 13.9 Å². The maximum atomic E-state index is 13.3. The maximum absolute atomic E-state index is 13.3. The van der Waals surface area contributed by atoms with Crippen LogP contribution in [0, 0.1) is 0 Å². The van der Waals surface area contributed by atoms with Crippen LogP contribution in [0.15, 0.2) is 78.9 Å². The molecule has 1 unspecified atom stereocenters. The summed E-state index contributed by atoms with van der Waals surface area (Å²) in [5, 5.41) is 5.69. The van der Waals surface area contributed by atoms with Gasteiger partial charge in [-0.05, 0) is 43.2 Å². The molecule has 3 aromatic carbocycles. The van der Waals surface area contributed by atoms with Gasteiger partial charge in [0.15, 0.2) is 0 Å². The van der Waals surface area contributed by atoms with Crippen LogP contribution in [0.4, 0.5) is 11.4 Å². The van der Waals surface area contributed by atoms with Crippen LogP contribution in [0.2, 0.25) is 0 Å². The molecule has 0 saturated heterocycles. The lowest BCUT2D eigenvalue weighted by Crippen LogP contribution is -2.33. The third-order valence-corrected chi connectivity index (χ3v) is 6.52. The molecule has 0 aliphatic carbocycles. The Hall–Kier alpha value is -3.65. The van der Waals surface area contributed by atoms with Crippen molar-refractivity contribution >= 4 is 33.2 Å². The summed E-state index contributed by atoms with van der Waals surface area (Å²) in [5.74, 6) is -0.804. The predicted molar refractivity (Wildman–Crippen MR) is 136 cm³/mol. The number of hydrogen-bond acceptors (Lipinski definition) is 4. The third-order valence-electron chi connectivity index (χ3n) is 5.40. The average molecular weight is 480 g/mol. The van der Waals surface area contributed by atoms with Gasteiger partial charge in [0.05, 0.1) is 35.3 Å². The minimum atomic E-state index is -3.69. The largest absolute Gasteiger partial charge is 0.350 e. The van der Waals surface area contributed by atoms with Crippen LogP contribution in [0.1, 0.15) is 46.5 Å². The first-order chi connectivity index (χ1) is 16.2. The summed E-state index contributed by atoms with van der Waals surface area (Å²) in [7, 11) is -3.69. The standard InChI is InChI=1S/C26H29N3O4S/c1-4-19(2)27-25(30)21-14-8-10-16-23(21)28-26(31)22-15-9-11-17-24(22)29(34(3,32)33)18-20-12-6-5-7-13-20/h5-17,19H,4,18H2,1-3H3,(H,27,30)(H,28,31). The molecule has 3 aromatic rings. The van der Waals surface area contributed by atoms with Crippen molar-refractivity contribution in [1.29, 1.82) is 0 Å². The predicted octanol–water partition coefficient (Wildman–Crippen LogP) is 4.43. The SMILES string of the molecule is CCC(C)NC(=O)c1ccccc1NC(=O)c1ccccc1N(Cc1ccccc1)S(C)(=O)=O. The van der Waals surface area contributed by atoms with E-state index in [0.29, 0.717) is 11.3 Å².